The van der Waals surface area contributed by atoms with Crippen LogP contribution in [0.25, 0.3) is 10.9 Å². The topological polar surface area (TPSA) is 64.0 Å². The van der Waals surface area contributed by atoms with Crippen molar-refractivity contribution in [2.75, 3.05) is 11.1 Å². The summed E-state index contributed by atoms with van der Waals surface area (Å²) in [5.74, 6) is -0.00968. The summed E-state index contributed by atoms with van der Waals surface area (Å²) < 4.78 is 1.68. The number of hydrogen-bond acceptors (Lipinski definition) is 4. The number of nitrogens with one attached hydrogen (secondary N) is 1. The van der Waals surface area contributed by atoms with Gasteiger partial charge in [-0.3, -0.25) is 14.2 Å². The lowest BCUT2D eigenvalue weighted by Crippen LogP contribution is -2.26. The first-order valence-corrected chi connectivity index (χ1v) is 10.1. The van der Waals surface area contributed by atoms with E-state index in [2.05, 4.69) is 10.3 Å². The molecule has 1 heterocycles. The molecule has 5 nitrogen and oxygen atoms in total. The molecule has 7 heteroatoms. The van der Waals surface area contributed by atoms with Crippen molar-refractivity contribution in [1.82, 2.24) is 9.55 Å². The molecule has 0 saturated heterocycles. The van der Waals surface area contributed by atoms with E-state index in [1.165, 1.54) is 11.8 Å². The number of carbonyl (C=O) groups excluding carboxylic acids is 1. The van der Waals surface area contributed by atoms with Gasteiger partial charge in [0.2, 0.25) is 5.91 Å². The van der Waals surface area contributed by atoms with Crippen molar-refractivity contribution in [1.29, 1.82) is 0 Å². The monoisotopic (exact) mass is 401 g/mol. The number of thioether (sulfide) groups is 1. The van der Waals surface area contributed by atoms with E-state index in [1.54, 1.807) is 34.9 Å². The Bertz CT molecular complexity index is 1020. The summed E-state index contributed by atoms with van der Waals surface area (Å²) in [5.41, 5.74) is 1.24. The molecular weight excluding hydrogens is 382 g/mol. The summed E-state index contributed by atoms with van der Waals surface area (Å²) in [6.07, 6.45) is 0.796. The predicted molar refractivity (Wildman–Crippen MR) is 112 cm³/mol. The van der Waals surface area contributed by atoms with E-state index in [0.29, 0.717) is 26.8 Å². The molecule has 1 amide bonds. The van der Waals surface area contributed by atoms with Crippen LogP contribution in [0, 0.1) is 0 Å². The second kappa shape index (κ2) is 8.59. The van der Waals surface area contributed by atoms with Crippen LogP contribution in [0.5, 0.6) is 0 Å². The maximum Gasteiger partial charge on any atom is 0.262 e. The number of nitrogens with zero attached hydrogens (tertiary/aromatic N) is 2. The number of rotatable bonds is 6. The van der Waals surface area contributed by atoms with Gasteiger partial charge in [-0.2, -0.15) is 0 Å². The molecule has 0 fully saturated rings. The average molecular weight is 402 g/mol. The third-order valence-electron chi connectivity index (χ3n) is 4.27. The predicted octanol–water partition coefficient (Wildman–Crippen LogP) is 4.75. The third kappa shape index (κ3) is 4.51. The summed E-state index contributed by atoms with van der Waals surface area (Å²) >= 11 is 7.12. The highest BCUT2D eigenvalue weighted by atomic mass is 35.5. The molecule has 2 aromatic carbocycles. The maximum atomic E-state index is 12.9. The van der Waals surface area contributed by atoms with Crippen LogP contribution < -0.4 is 10.9 Å². The van der Waals surface area contributed by atoms with Gasteiger partial charge in [-0.15, -0.1) is 0 Å². The van der Waals surface area contributed by atoms with Crippen molar-refractivity contribution in [3.63, 3.8) is 0 Å². The molecule has 140 valence electrons. The Balaban J connectivity index is 1.84. The van der Waals surface area contributed by atoms with Gasteiger partial charge in [0, 0.05) is 16.8 Å². The fourth-order valence-electron chi connectivity index (χ4n) is 2.66. The SMILES string of the molecule is CC[C@H](C)n1c(SCC(=O)Nc2ccc(Cl)cc2)nc2ccccc2c1=O. The molecule has 3 aromatic rings. The molecular formula is C20H20ClN3O2S. The zero-order valence-corrected chi connectivity index (χ0v) is 16.7. The Morgan fingerprint density at radius 1 is 1.22 bits per heavy atom. The number of aromatic nitrogens is 2. The molecule has 0 spiro atoms. The molecule has 0 unspecified atom stereocenters. The molecule has 27 heavy (non-hydrogen) atoms. The lowest BCUT2D eigenvalue weighted by Gasteiger charge is -2.18. The van der Waals surface area contributed by atoms with Gasteiger partial charge in [0.15, 0.2) is 5.16 Å². The first kappa shape index (κ1) is 19.5. The molecule has 1 aromatic heterocycles. The van der Waals surface area contributed by atoms with E-state index in [-0.39, 0.29) is 23.3 Å². The van der Waals surface area contributed by atoms with Crippen LogP contribution in [0.3, 0.4) is 0 Å². The van der Waals surface area contributed by atoms with E-state index in [1.807, 2.05) is 32.0 Å². The van der Waals surface area contributed by atoms with Crippen LogP contribution in [0.2, 0.25) is 5.02 Å². The quantitative estimate of drug-likeness (QED) is 0.478. The molecule has 0 bridgehead atoms. The van der Waals surface area contributed by atoms with Gasteiger partial charge < -0.3 is 5.32 Å². The standard InChI is InChI=1S/C20H20ClN3O2S/c1-3-13(2)24-19(26)16-6-4-5-7-17(16)23-20(24)27-12-18(25)22-15-10-8-14(21)9-11-15/h4-11,13H,3,12H2,1-2H3,(H,22,25)/t13-/m0/s1. The van der Waals surface area contributed by atoms with Gasteiger partial charge in [0.05, 0.1) is 16.7 Å². The zero-order valence-electron chi connectivity index (χ0n) is 15.1. The number of para-hydroxylation sites is 1. The van der Waals surface area contributed by atoms with Crippen molar-refractivity contribution < 1.29 is 4.79 Å². The van der Waals surface area contributed by atoms with Gasteiger partial charge in [0.1, 0.15) is 0 Å². The molecule has 0 saturated carbocycles. The Kier molecular flexibility index (Phi) is 6.19. The minimum atomic E-state index is -0.166. The Labute approximate surface area is 166 Å². The first-order chi connectivity index (χ1) is 13.0. The van der Waals surface area contributed by atoms with Gasteiger partial charge in [-0.05, 0) is 49.7 Å². The average Bonchev–Trinajstić information content (AvgIpc) is 2.68. The summed E-state index contributed by atoms with van der Waals surface area (Å²) in [5, 5.41) is 4.58. The second-order valence-corrected chi connectivity index (χ2v) is 7.57. The summed E-state index contributed by atoms with van der Waals surface area (Å²) in [4.78, 5) is 29.8. The number of benzene rings is 2. The number of hydrogen-bond donors (Lipinski definition) is 1. The van der Waals surface area contributed by atoms with Crippen LogP contribution in [0.15, 0.2) is 58.5 Å². The van der Waals surface area contributed by atoms with Crippen molar-refractivity contribution in [3.8, 4) is 0 Å². The fraction of sp³-hybridized carbons (Fsp3) is 0.250. The van der Waals surface area contributed by atoms with Gasteiger partial charge in [-0.1, -0.05) is 42.4 Å². The highest BCUT2D eigenvalue weighted by Gasteiger charge is 2.16. The second-order valence-electron chi connectivity index (χ2n) is 6.19. The van der Waals surface area contributed by atoms with Crippen molar-refractivity contribution in [2.24, 2.45) is 0 Å². The van der Waals surface area contributed by atoms with Crippen molar-refractivity contribution >= 4 is 45.9 Å². The number of amides is 1. The molecule has 0 aliphatic carbocycles. The summed E-state index contributed by atoms with van der Waals surface area (Å²) in [7, 11) is 0. The molecule has 0 radical (unpaired) electrons. The Morgan fingerprint density at radius 3 is 2.63 bits per heavy atom. The van der Waals surface area contributed by atoms with Gasteiger partial charge in [0.25, 0.3) is 5.56 Å². The zero-order chi connectivity index (χ0) is 19.4. The maximum absolute atomic E-state index is 12.9. The van der Waals surface area contributed by atoms with Crippen LogP contribution >= 0.6 is 23.4 Å². The van der Waals surface area contributed by atoms with Crippen molar-refractivity contribution in [2.45, 2.75) is 31.5 Å². The van der Waals surface area contributed by atoms with E-state index in [0.717, 1.165) is 6.42 Å². The van der Waals surface area contributed by atoms with Crippen molar-refractivity contribution in [3.05, 3.63) is 63.9 Å². The summed E-state index contributed by atoms with van der Waals surface area (Å²) in [6, 6.07) is 14.2. The Morgan fingerprint density at radius 2 is 1.93 bits per heavy atom. The van der Waals surface area contributed by atoms with E-state index >= 15 is 0 Å². The number of halogens is 1. The largest absolute Gasteiger partial charge is 0.325 e. The lowest BCUT2D eigenvalue weighted by molar-refractivity contribution is -0.113. The van der Waals surface area contributed by atoms with Crippen LogP contribution in [-0.4, -0.2) is 21.2 Å². The van der Waals surface area contributed by atoms with Gasteiger partial charge >= 0.3 is 0 Å². The number of fused-ring (bicyclic) bond motifs is 1. The van der Waals surface area contributed by atoms with E-state index in [9.17, 15) is 9.59 Å². The van der Waals surface area contributed by atoms with Gasteiger partial charge in [-0.25, -0.2) is 4.98 Å². The van der Waals surface area contributed by atoms with E-state index < -0.39 is 0 Å². The molecule has 3 rings (SSSR count). The van der Waals surface area contributed by atoms with Crippen LogP contribution in [0.1, 0.15) is 26.3 Å². The molecule has 0 aliphatic rings. The molecule has 1 atom stereocenters. The first-order valence-electron chi connectivity index (χ1n) is 8.69. The molecule has 1 N–H and O–H groups in total. The third-order valence-corrected chi connectivity index (χ3v) is 5.47. The minimum absolute atomic E-state index is 0.00330. The van der Waals surface area contributed by atoms with E-state index in [4.69, 9.17) is 11.6 Å². The lowest BCUT2D eigenvalue weighted by atomic mass is 10.2. The normalized spacial score (nSPS) is 12.1. The number of carbonyl (C=O) groups is 1. The summed E-state index contributed by atoms with van der Waals surface area (Å²) in [6.45, 7) is 4.00. The fourth-order valence-corrected chi connectivity index (χ4v) is 3.68. The smallest absolute Gasteiger partial charge is 0.262 e. The minimum Gasteiger partial charge on any atom is -0.325 e. The highest BCUT2D eigenvalue weighted by Crippen LogP contribution is 2.23. The molecule has 0 aliphatic heterocycles. The number of anilines is 1. The highest BCUT2D eigenvalue weighted by molar-refractivity contribution is 7.99. The van der Waals surface area contributed by atoms with Crippen LogP contribution in [-0.2, 0) is 4.79 Å². The van der Waals surface area contributed by atoms with Crippen LogP contribution in [0.4, 0.5) is 5.69 Å². The Hall–Kier alpha value is -2.31.